The third-order valence-corrected chi connectivity index (χ3v) is 8.40. The fourth-order valence-electron chi connectivity index (χ4n) is 5.71. The van der Waals surface area contributed by atoms with Crippen molar-refractivity contribution in [2.45, 2.75) is 122 Å². The van der Waals surface area contributed by atoms with Crippen molar-refractivity contribution >= 4 is 11.9 Å². The van der Waals surface area contributed by atoms with E-state index in [0.717, 1.165) is 44.7 Å². The van der Waals surface area contributed by atoms with Gasteiger partial charge in [-0.1, -0.05) is 121 Å². The van der Waals surface area contributed by atoms with Gasteiger partial charge in [-0.3, -0.25) is 4.98 Å². The van der Waals surface area contributed by atoms with Crippen molar-refractivity contribution in [3.8, 4) is 28.1 Å². The molecule has 1 aromatic heterocycles. The molecule has 0 amide bonds. The number of carboxylic acid groups (broad SMARTS) is 1. The van der Waals surface area contributed by atoms with E-state index in [1.54, 1.807) is 54.6 Å². The summed E-state index contributed by atoms with van der Waals surface area (Å²) in [5.41, 5.74) is 0.295. The molecule has 2 aromatic carbocycles. The number of aromatic carboxylic acids is 1. The number of ether oxygens (including phenoxy) is 2. The molecule has 0 fully saturated rings. The van der Waals surface area contributed by atoms with Crippen molar-refractivity contribution in [2.75, 3.05) is 6.61 Å². The van der Waals surface area contributed by atoms with Crippen LogP contribution in [0.1, 0.15) is 131 Å². The summed E-state index contributed by atoms with van der Waals surface area (Å²) in [7, 11) is 0. The minimum atomic E-state index is -4.81. The van der Waals surface area contributed by atoms with Gasteiger partial charge in [0.1, 0.15) is 5.75 Å². The van der Waals surface area contributed by atoms with E-state index in [1.807, 2.05) is 0 Å². The van der Waals surface area contributed by atoms with Gasteiger partial charge in [0.05, 0.1) is 23.4 Å². The van der Waals surface area contributed by atoms with Crippen LogP contribution in [-0.4, -0.2) is 40.9 Å². The lowest BCUT2D eigenvalue weighted by molar-refractivity contribution is -0.206. The van der Waals surface area contributed by atoms with E-state index >= 15 is 0 Å². The predicted molar refractivity (Wildman–Crippen MR) is 183 cm³/mol. The van der Waals surface area contributed by atoms with Crippen LogP contribution in [0, 0.1) is 0 Å². The zero-order valence-electron chi connectivity index (χ0n) is 28.3. The van der Waals surface area contributed by atoms with Gasteiger partial charge in [-0.05, 0) is 49.1 Å². The van der Waals surface area contributed by atoms with E-state index in [-0.39, 0.29) is 17.7 Å². The molecule has 0 aliphatic heterocycles. The molecule has 0 radical (unpaired) electrons. The number of aromatic nitrogens is 1. The first-order valence-electron chi connectivity index (χ1n) is 17.5. The Kier molecular flexibility index (Phi) is 16.5. The third-order valence-electron chi connectivity index (χ3n) is 8.40. The molecule has 1 N–H and O–H groups in total. The minimum absolute atomic E-state index is 0.0913. The van der Waals surface area contributed by atoms with Gasteiger partial charge in [0, 0.05) is 17.3 Å². The second kappa shape index (κ2) is 20.5. The number of unbranched alkanes of at least 4 members (excludes halogenated alkanes) is 12. The van der Waals surface area contributed by atoms with Crippen molar-refractivity contribution in [3.63, 3.8) is 0 Å². The summed E-state index contributed by atoms with van der Waals surface area (Å²) >= 11 is 0. The molecule has 6 nitrogen and oxygen atoms in total. The summed E-state index contributed by atoms with van der Waals surface area (Å²) < 4.78 is 53.3. The van der Waals surface area contributed by atoms with Gasteiger partial charge >= 0.3 is 18.1 Å². The van der Waals surface area contributed by atoms with Crippen LogP contribution >= 0.6 is 0 Å². The van der Waals surface area contributed by atoms with Crippen molar-refractivity contribution in [3.05, 3.63) is 71.9 Å². The summed E-state index contributed by atoms with van der Waals surface area (Å²) in [4.78, 5) is 30.4. The normalized spacial score (nSPS) is 12.1. The van der Waals surface area contributed by atoms with Crippen LogP contribution in [0.2, 0.25) is 0 Å². The van der Waals surface area contributed by atoms with Crippen molar-refractivity contribution in [1.29, 1.82) is 0 Å². The highest BCUT2D eigenvalue weighted by atomic mass is 19.4. The van der Waals surface area contributed by atoms with Gasteiger partial charge < -0.3 is 14.6 Å². The van der Waals surface area contributed by atoms with Gasteiger partial charge in [0.25, 0.3) is 0 Å². The second-order valence-electron chi connectivity index (χ2n) is 12.3. The number of rotatable bonds is 22. The van der Waals surface area contributed by atoms with Crippen LogP contribution in [0.15, 0.2) is 60.8 Å². The highest BCUT2D eigenvalue weighted by Gasteiger charge is 2.43. The van der Waals surface area contributed by atoms with E-state index < -0.39 is 41.8 Å². The lowest BCUT2D eigenvalue weighted by atomic mass is 9.92. The number of carbonyl (C=O) groups is 2. The summed E-state index contributed by atoms with van der Waals surface area (Å²) in [6.07, 6.45) is 7.52. The molecule has 0 saturated heterocycles. The first-order valence-corrected chi connectivity index (χ1v) is 17.5. The largest absolute Gasteiger partial charge is 0.494 e. The van der Waals surface area contributed by atoms with Crippen LogP contribution in [0.3, 0.4) is 0 Å². The Hall–Kier alpha value is -3.88. The smallest absolute Gasteiger partial charge is 0.425 e. The number of halogens is 3. The van der Waals surface area contributed by atoms with Gasteiger partial charge in [-0.25, -0.2) is 9.59 Å². The molecule has 9 heteroatoms. The maximum absolute atomic E-state index is 14.1. The maximum atomic E-state index is 14.1. The van der Waals surface area contributed by atoms with Crippen molar-refractivity contribution < 1.29 is 37.3 Å². The molecule has 0 aliphatic carbocycles. The summed E-state index contributed by atoms with van der Waals surface area (Å²) in [6.45, 7) is 4.84. The monoisotopic (exact) mass is 669 g/mol. The Balaban J connectivity index is 1.85. The van der Waals surface area contributed by atoms with E-state index in [4.69, 9.17) is 9.47 Å². The van der Waals surface area contributed by atoms with Gasteiger partial charge in [-0.2, -0.15) is 13.2 Å². The van der Waals surface area contributed by atoms with E-state index in [0.29, 0.717) is 29.9 Å². The zero-order valence-corrected chi connectivity index (χ0v) is 28.3. The molecule has 1 unspecified atom stereocenters. The Labute approximate surface area is 283 Å². The molecule has 3 aromatic rings. The number of benzene rings is 2. The van der Waals surface area contributed by atoms with E-state index in [1.165, 1.54) is 38.5 Å². The van der Waals surface area contributed by atoms with Gasteiger partial charge in [-0.15, -0.1) is 0 Å². The molecule has 0 aliphatic rings. The maximum Gasteiger partial charge on any atom is 0.425 e. The van der Waals surface area contributed by atoms with Crippen LogP contribution in [0.5, 0.6) is 5.75 Å². The standard InChI is InChI=1S/C39H50F3NO5/c1-3-5-7-9-11-12-14-19-27-47-31-25-23-30(24-26-31)36-34(29-20-16-15-17-21-29)35(32(28-43-36)37(44)45)38(46)48-33(39(40,41)42)22-18-13-10-8-6-4-2/h15-17,20-21,23-26,28,33H,3-14,18-19,22,27H2,1-2H3,(H,44,45). The molecule has 1 heterocycles. The lowest BCUT2D eigenvalue weighted by Crippen LogP contribution is -2.34. The van der Waals surface area contributed by atoms with Crippen molar-refractivity contribution in [2.24, 2.45) is 0 Å². The van der Waals surface area contributed by atoms with Gasteiger partial charge in [0.15, 0.2) is 6.10 Å². The fraction of sp³-hybridized carbons (Fsp3) is 0.513. The highest BCUT2D eigenvalue weighted by molar-refractivity contribution is 6.09. The molecule has 1 atom stereocenters. The molecule has 0 saturated carbocycles. The minimum Gasteiger partial charge on any atom is -0.494 e. The average Bonchev–Trinajstić information content (AvgIpc) is 3.08. The molecule has 48 heavy (non-hydrogen) atoms. The third kappa shape index (κ3) is 12.3. The molecule has 0 spiro atoms. The number of hydrogen-bond donors (Lipinski definition) is 1. The Morgan fingerprint density at radius 3 is 1.88 bits per heavy atom. The summed E-state index contributed by atoms with van der Waals surface area (Å²) in [5.74, 6) is -2.21. The Bertz CT molecular complexity index is 1390. The van der Waals surface area contributed by atoms with Crippen LogP contribution in [0.4, 0.5) is 13.2 Å². The number of alkyl halides is 3. The zero-order chi connectivity index (χ0) is 34.8. The highest BCUT2D eigenvalue weighted by Crippen LogP contribution is 2.37. The first-order chi connectivity index (χ1) is 23.2. The fourth-order valence-corrected chi connectivity index (χ4v) is 5.71. The predicted octanol–water partition coefficient (Wildman–Crippen LogP) is 11.5. The van der Waals surface area contributed by atoms with E-state index in [9.17, 15) is 27.9 Å². The molecule has 0 bridgehead atoms. The number of pyridine rings is 1. The number of nitrogens with zero attached hydrogens (tertiary/aromatic N) is 1. The summed E-state index contributed by atoms with van der Waals surface area (Å²) in [6, 6.07) is 15.5. The molecular weight excluding hydrogens is 619 g/mol. The van der Waals surface area contributed by atoms with Crippen LogP contribution in [0.25, 0.3) is 22.4 Å². The van der Waals surface area contributed by atoms with Gasteiger partial charge in [0.2, 0.25) is 0 Å². The Morgan fingerprint density at radius 2 is 1.31 bits per heavy atom. The topological polar surface area (TPSA) is 85.7 Å². The Morgan fingerprint density at radius 1 is 0.750 bits per heavy atom. The summed E-state index contributed by atoms with van der Waals surface area (Å²) in [5, 5.41) is 10.0. The molecule has 262 valence electrons. The van der Waals surface area contributed by atoms with Crippen LogP contribution < -0.4 is 4.74 Å². The number of carboxylic acids is 1. The molecular formula is C39H50F3NO5. The lowest BCUT2D eigenvalue weighted by Gasteiger charge is -2.23. The number of hydrogen-bond acceptors (Lipinski definition) is 5. The second-order valence-corrected chi connectivity index (χ2v) is 12.3. The SMILES string of the molecule is CCCCCCCCCCOc1ccc(-c2ncc(C(=O)O)c(C(=O)OC(CCCCCCCC)C(F)(F)F)c2-c2ccccc2)cc1. The van der Waals surface area contributed by atoms with Crippen molar-refractivity contribution in [1.82, 2.24) is 4.98 Å². The average molecular weight is 670 g/mol. The first kappa shape index (κ1) is 38.6. The number of carbonyl (C=O) groups excluding carboxylic acids is 1. The quantitative estimate of drug-likeness (QED) is 0.0846. The molecule has 3 rings (SSSR count). The number of esters is 1. The van der Waals surface area contributed by atoms with Crippen LogP contribution in [-0.2, 0) is 4.74 Å². The van der Waals surface area contributed by atoms with E-state index in [2.05, 4.69) is 18.8 Å².